The molecule has 2 nitrogen and oxygen atoms in total. The van der Waals surface area contributed by atoms with Crippen LogP contribution in [0.15, 0.2) is 48.5 Å². The lowest BCUT2D eigenvalue weighted by Crippen LogP contribution is -2.06. The molecule has 0 aliphatic heterocycles. The molecule has 2 rings (SSSR count). The lowest BCUT2D eigenvalue weighted by molar-refractivity contribution is 1.02. The molecule has 0 unspecified atom stereocenters. The summed E-state index contributed by atoms with van der Waals surface area (Å²) in [7, 11) is 0. The van der Waals surface area contributed by atoms with Crippen LogP contribution in [0.3, 0.4) is 0 Å². The number of rotatable bonds is 4. The molecular formula is C14H15IN2. The predicted molar refractivity (Wildman–Crippen MR) is 82.2 cm³/mol. The smallest absolute Gasteiger partial charge is 0.0477 e. The van der Waals surface area contributed by atoms with Gasteiger partial charge in [-0.1, -0.05) is 30.3 Å². The van der Waals surface area contributed by atoms with Crippen LogP contribution in [0, 0.1) is 3.57 Å². The summed E-state index contributed by atoms with van der Waals surface area (Å²) >= 11 is 2.30. The molecule has 0 bridgehead atoms. The third kappa shape index (κ3) is 3.63. The molecule has 0 fully saturated rings. The van der Waals surface area contributed by atoms with Gasteiger partial charge in [-0.3, -0.25) is 0 Å². The maximum Gasteiger partial charge on any atom is 0.0477 e. The van der Waals surface area contributed by atoms with Gasteiger partial charge < -0.3 is 11.1 Å². The first-order chi connectivity index (χ1) is 8.25. The van der Waals surface area contributed by atoms with Gasteiger partial charge in [0.15, 0.2) is 0 Å². The molecule has 0 heterocycles. The van der Waals surface area contributed by atoms with Crippen molar-refractivity contribution in [3.8, 4) is 0 Å². The fraction of sp³-hybridized carbons (Fsp3) is 0.143. The molecule has 0 aliphatic rings. The van der Waals surface area contributed by atoms with Crippen molar-refractivity contribution >= 4 is 34.0 Å². The Morgan fingerprint density at radius 2 is 1.82 bits per heavy atom. The molecule has 0 aromatic heterocycles. The molecule has 0 radical (unpaired) electrons. The van der Waals surface area contributed by atoms with Crippen LogP contribution in [0.2, 0.25) is 0 Å². The maximum atomic E-state index is 5.71. The fourth-order valence-electron chi connectivity index (χ4n) is 1.66. The van der Waals surface area contributed by atoms with E-state index < -0.39 is 0 Å². The highest BCUT2D eigenvalue weighted by Gasteiger charge is 1.99. The molecular weight excluding hydrogens is 323 g/mol. The summed E-state index contributed by atoms with van der Waals surface area (Å²) in [6.45, 7) is 0.934. The van der Waals surface area contributed by atoms with Crippen LogP contribution in [0.4, 0.5) is 11.4 Å². The largest absolute Gasteiger partial charge is 0.399 e. The van der Waals surface area contributed by atoms with Gasteiger partial charge in [-0.2, -0.15) is 0 Å². The van der Waals surface area contributed by atoms with Gasteiger partial charge in [0.2, 0.25) is 0 Å². The van der Waals surface area contributed by atoms with Gasteiger partial charge in [0, 0.05) is 21.5 Å². The van der Waals surface area contributed by atoms with E-state index >= 15 is 0 Å². The highest BCUT2D eigenvalue weighted by Crippen LogP contribution is 2.20. The van der Waals surface area contributed by atoms with Crippen molar-refractivity contribution in [1.82, 2.24) is 0 Å². The van der Waals surface area contributed by atoms with E-state index in [1.165, 1.54) is 5.56 Å². The van der Waals surface area contributed by atoms with Crippen molar-refractivity contribution in [3.63, 3.8) is 0 Å². The van der Waals surface area contributed by atoms with Crippen LogP contribution in [0.5, 0.6) is 0 Å². The van der Waals surface area contributed by atoms with Crippen LogP contribution in [0.1, 0.15) is 5.56 Å². The number of halogens is 1. The van der Waals surface area contributed by atoms with Gasteiger partial charge in [0.1, 0.15) is 0 Å². The van der Waals surface area contributed by atoms with Crippen LogP contribution in [-0.4, -0.2) is 6.54 Å². The minimum atomic E-state index is 0.808. The molecule has 2 aromatic rings. The van der Waals surface area contributed by atoms with E-state index in [1.807, 2.05) is 24.3 Å². The molecule has 17 heavy (non-hydrogen) atoms. The number of hydrogen-bond donors (Lipinski definition) is 2. The highest BCUT2D eigenvalue weighted by molar-refractivity contribution is 14.1. The Hall–Kier alpha value is -1.23. The molecule has 88 valence electrons. The Morgan fingerprint density at radius 3 is 2.53 bits per heavy atom. The second-order valence-electron chi connectivity index (χ2n) is 3.90. The van der Waals surface area contributed by atoms with Crippen LogP contribution in [0.25, 0.3) is 0 Å². The number of anilines is 2. The third-order valence-electron chi connectivity index (χ3n) is 2.57. The summed E-state index contributed by atoms with van der Waals surface area (Å²) in [5.41, 5.74) is 9.02. The van der Waals surface area contributed by atoms with E-state index in [2.05, 4.69) is 52.2 Å². The summed E-state index contributed by atoms with van der Waals surface area (Å²) in [5, 5.41) is 3.43. The second-order valence-corrected chi connectivity index (χ2v) is 5.06. The second kappa shape index (κ2) is 5.91. The van der Waals surface area contributed by atoms with E-state index in [-0.39, 0.29) is 0 Å². The zero-order valence-corrected chi connectivity index (χ0v) is 11.6. The molecule has 0 saturated heterocycles. The number of nitrogens with one attached hydrogen (secondary N) is 1. The third-order valence-corrected chi connectivity index (χ3v) is 3.46. The molecule has 0 amide bonds. The van der Waals surface area contributed by atoms with Gasteiger partial charge in [0.25, 0.3) is 0 Å². The topological polar surface area (TPSA) is 38.0 Å². The molecule has 0 saturated carbocycles. The molecule has 3 N–H and O–H groups in total. The van der Waals surface area contributed by atoms with E-state index in [9.17, 15) is 0 Å². The predicted octanol–water partition coefficient (Wildman–Crippen LogP) is 3.53. The van der Waals surface area contributed by atoms with Crippen molar-refractivity contribution in [3.05, 3.63) is 57.7 Å². The maximum absolute atomic E-state index is 5.71. The average molecular weight is 338 g/mol. The van der Waals surface area contributed by atoms with Crippen molar-refractivity contribution in [2.24, 2.45) is 0 Å². The van der Waals surface area contributed by atoms with Gasteiger partial charge in [0.05, 0.1) is 0 Å². The highest BCUT2D eigenvalue weighted by atomic mass is 127. The van der Waals surface area contributed by atoms with Crippen molar-refractivity contribution in [2.75, 3.05) is 17.6 Å². The number of nitrogen functional groups attached to an aromatic ring is 1. The number of benzene rings is 2. The van der Waals surface area contributed by atoms with Crippen molar-refractivity contribution < 1.29 is 0 Å². The molecule has 0 spiro atoms. The van der Waals surface area contributed by atoms with Gasteiger partial charge in [-0.25, -0.2) is 0 Å². The normalized spacial score (nSPS) is 10.2. The average Bonchev–Trinajstić information content (AvgIpc) is 2.33. The minimum Gasteiger partial charge on any atom is -0.399 e. The van der Waals surface area contributed by atoms with Crippen molar-refractivity contribution in [1.29, 1.82) is 0 Å². The van der Waals surface area contributed by atoms with Gasteiger partial charge in [-0.05, 0) is 52.8 Å². The van der Waals surface area contributed by atoms with Crippen LogP contribution >= 0.6 is 22.6 Å². The molecule has 3 heteroatoms. The van der Waals surface area contributed by atoms with Crippen LogP contribution in [-0.2, 0) is 6.42 Å². The summed E-state index contributed by atoms with van der Waals surface area (Å²) in [5.74, 6) is 0. The summed E-state index contributed by atoms with van der Waals surface area (Å²) < 4.78 is 1.16. The van der Waals surface area contributed by atoms with E-state index in [0.717, 1.165) is 27.9 Å². The summed E-state index contributed by atoms with van der Waals surface area (Å²) in [6, 6.07) is 16.4. The summed E-state index contributed by atoms with van der Waals surface area (Å²) in [4.78, 5) is 0. The van der Waals surface area contributed by atoms with E-state index in [0.29, 0.717) is 0 Å². The van der Waals surface area contributed by atoms with E-state index in [1.54, 1.807) is 0 Å². The first-order valence-electron chi connectivity index (χ1n) is 5.58. The van der Waals surface area contributed by atoms with Gasteiger partial charge in [-0.15, -0.1) is 0 Å². The Labute approximate surface area is 115 Å². The monoisotopic (exact) mass is 338 g/mol. The Morgan fingerprint density at radius 1 is 1.06 bits per heavy atom. The molecule has 0 atom stereocenters. The van der Waals surface area contributed by atoms with Crippen molar-refractivity contribution in [2.45, 2.75) is 6.42 Å². The van der Waals surface area contributed by atoms with E-state index in [4.69, 9.17) is 5.73 Å². The first-order valence-corrected chi connectivity index (χ1v) is 6.66. The number of nitrogens with two attached hydrogens (primary N) is 1. The summed E-state index contributed by atoms with van der Waals surface area (Å²) in [6.07, 6.45) is 1.03. The number of hydrogen-bond acceptors (Lipinski definition) is 2. The lowest BCUT2D eigenvalue weighted by Gasteiger charge is -2.09. The lowest BCUT2D eigenvalue weighted by atomic mass is 10.1. The standard InChI is InChI=1S/C14H15IN2/c15-13-10-12(16)6-7-14(13)17-9-8-11-4-2-1-3-5-11/h1-7,10,17H,8-9,16H2. The molecule has 2 aromatic carbocycles. The van der Waals surface area contributed by atoms with Gasteiger partial charge >= 0.3 is 0 Å². The van der Waals surface area contributed by atoms with Crippen LogP contribution < -0.4 is 11.1 Å². The zero-order chi connectivity index (χ0) is 12.1. The Balaban J connectivity index is 1.90. The molecule has 0 aliphatic carbocycles. The first kappa shape index (κ1) is 12.2. The minimum absolute atomic E-state index is 0.808. The fourth-order valence-corrected chi connectivity index (χ4v) is 2.39. The Bertz CT molecular complexity index is 483. The Kier molecular flexibility index (Phi) is 4.25. The SMILES string of the molecule is Nc1ccc(NCCc2ccccc2)c(I)c1. The quantitative estimate of drug-likeness (QED) is 0.661. The zero-order valence-electron chi connectivity index (χ0n) is 9.49.